The fourth-order valence-electron chi connectivity index (χ4n) is 5.66. The SMILES string of the molecule is CCc1c(-c2c(Cl)nc(NC(C)C(F)(F)F)nc2NC2(C)CCC3C(O)C32C)sc2ccccc12. The molecule has 0 saturated heterocycles. The van der Waals surface area contributed by atoms with Gasteiger partial charge >= 0.3 is 6.18 Å². The molecule has 0 radical (unpaired) electrons. The fourth-order valence-corrected chi connectivity index (χ4v) is 7.32. The van der Waals surface area contributed by atoms with Crippen molar-refractivity contribution in [2.45, 2.75) is 70.8 Å². The molecule has 0 aliphatic heterocycles. The smallest absolute Gasteiger partial charge is 0.392 e. The zero-order valence-corrected chi connectivity index (χ0v) is 21.5. The van der Waals surface area contributed by atoms with Crippen molar-refractivity contribution < 1.29 is 18.3 Å². The summed E-state index contributed by atoms with van der Waals surface area (Å²) >= 11 is 8.28. The number of hydrogen-bond donors (Lipinski definition) is 3. The van der Waals surface area contributed by atoms with Crippen LogP contribution in [0.3, 0.4) is 0 Å². The second-order valence-electron chi connectivity index (χ2n) is 10.1. The molecule has 0 amide bonds. The number of alkyl halides is 3. The second-order valence-corrected chi connectivity index (χ2v) is 11.5. The highest BCUT2D eigenvalue weighted by atomic mass is 35.5. The Labute approximate surface area is 211 Å². The van der Waals surface area contributed by atoms with Crippen molar-refractivity contribution in [2.75, 3.05) is 10.6 Å². The summed E-state index contributed by atoms with van der Waals surface area (Å²) in [5.74, 6) is 0.385. The Hall–Kier alpha value is -2.10. The van der Waals surface area contributed by atoms with E-state index in [0.717, 1.165) is 46.7 Å². The zero-order valence-electron chi connectivity index (χ0n) is 19.9. The number of nitrogens with zero attached hydrogens (tertiary/aromatic N) is 2. The van der Waals surface area contributed by atoms with Crippen LogP contribution < -0.4 is 10.6 Å². The molecule has 5 atom stereocenters. The van der Waals surface area contributed by atoms with Crippen molar-refractivity contribution in [2.24, 2.45) is 11.3 Å². The molecular weight excluding hydrogens is 497 g/mol. The maximum Gasteiger partial charge on any atom is 0.408 e. The lowest BCUT2D eigenvalue weighted by Gasteiger charge is -2.36. The molecule has 0 bridgehead atoms. The number of halogens is 4. The zero-order chi connectivity index (χ0) is 25.3. The second kappa shape index (κ2) is 8.21. The van der Waals surface area contributed by atoms with Crippen LogP contribution in [0.15, 0.2) is 24.3 Å². The summed E-state index contributed by atoms with van der Waals surface area (Å²) < 4.78 is 40.8. The van der Waals surface area contributed by atoms with Gasteiger partial charge in [-0.25, -0.2) is 4.98 Å². The normalized spacial score (nSPS) is 28.7. The highest BCUT2D eigenvalue weighted by molar-refractivity contribution is 7.22. The number of aromatic nitrogens is 2. The summed E-state index contributed by atoms with van der Waals surface area (Å²) in [5, 5.41) is 17.6. The van der Waals surface area contributed by atoms with Crippen LogP contribution in [0.2, 0.25) is 5.15 Å². The summed E-state index contributed by atoms with van der Waals surface area (Å²) in [5.41, 5.74) is 0.830. The van der Waals surface area contributed by atoms with E-state index >= 15 is 0 Å². The Morgan fingerprint density at radius 3 is 2.60 bits per heavy atom. The van der Waals surface area contributed by atoms with Crippen molar-refractivity contribution in [3.05, 3.63) is 35.0 Å². The van der Waals surface area contributed by atoms with Gasteiger partial charge in [-0.05, 0) is 56.0 Å². The first-order valence-electron chi connectivity index (χ1n) is 11.8. The van der Waals surface area contributed by atoms with Gasteiger partial charge in [-0.1, -0.05) is 43.6 Å². The molecule has 2 aromatic heterocycles. The Morgan fingerprint density at radius 1 is 1.26 bits per heavy atom. The Kier molecular flexibility index (Phi) is 5.77. The number of aliphatic hydroxyl groups is 1. The van der Waals surface area contributed by atoms with Crippen LogP contribution in [0.5, 0.6) is 0 Å². The molecule has 2 aliphatic carbocycles. The van der Waals surface area contributed by atoms with Gasteiger partial charge in [0.2, 0.25) is 5.95 Å². The van der Waals surface area contributed by atoms with E-state index in [1.807, 2.05) is 32.0 Å². The van der Waals surface area contributed by atoms with Gasteiger partial charge < -0.3 is 15.7 Å². The van der Waals surface area contributed by atoms with Crippen LogP contribution in [0.1, 0.15) is 46.1 Å². The van der Waals surface area contributed by atoms with Crippen molar-refractivity contribution in [1.29, 1.82) is 0 Å². The number of aliphatic hydroxyl groups excluding tert-OH is 1. The molecule has 3 N–H and O–H groups in total. The van der Waals surface area contributed by atoms with Crippen LogP contribution in [0, 0.1) is 11.3 Å². The van der Waals surface area contributed by atoms with E-state index in [-0.39, 0.29) is 22.4 Å². The topological polar surface area (TPSA) is 70.1 Å². The number of anilines is 2. The summed E-state index contributed by atoms with van der Waals surface area (Å²) in [7, 11) is 0. The van der Waals surface area contributed by atoms with Gasteiger partial charge in [0, 0.05) is 20.5 Å². The van der Waals surface area contributed by atoms with Crippen molar-refractivity contribution in [3.8, 4) is 10.4 Å². The van der Waals surface area contributed by atoms with Gasteiger partial charge in [0.1, 0.15) is 17.0 Å². The summed E-state index contributed by atoms with van der Waals surface area (Å²) in [6.07, 6.45) is -2.46. The summed E-state index contributed by atoms with van der Waals surface area (Å²) in [6.45, 7) is 7.17. The van der Waals surface area contributed by atoms with E-state index in [0.29, 0.717) is 11.4 Å². The molecule has 35 heavy (non-hydrogen) atoms. The Morgan fingerprint density at radius 2 is 1.97 bits per heavy atom. The maximum absolute atomic E-state index is 13.2. The highest BCUT2D eigenvalue weighted by Crippen LogP contribution is 2.68. The monoisotopic (exact) mass is 524 g/mol. The minimum atomic E-state index is -4.46. The molecule has 3 aromatic rings. The molecule has 2 aliphatic rings. The maximum atomic E-state index is 13.2. The Balaban J connectivity index is 1.66. The average molecular weight is 525 g/mol. The standard InChI is InChI=1S/C25H28ClF3N4OS/c1-5-13-14-8-6-7-9-16(14)35-18(13)17-20(26)31-22(30-12(2)25(27,28)29)32-21(17)33-23(3)11-10-15-19(34)24(15,23)4/h6-9,12,15,19,34H,5,10-11H2,1-4H3,(H2,30,31,32,33). The van der Waals surface area contributed by atoms with Crippen LogP contribution in [-0.2, 0) is 6.42 Å². The van der Waals surface area contributed by atoms with Gasteiger partial charge in [0.05, 0.1) is 11.7 Å². The minimum absolute atomic E-state index is 0.0836. The third-order valence-corrected chi connectivity index (χ3v) is 9.68. The third kappa shape index (κ3) is 3.78. The first-order chi connectivity index (χ1) is 16.4. The lowest BCUT2D eigenvalue weighted by molar-refractivity contribution is -0.138. The molecule has 0 spiro atoms. The molecule has 5 nitrogen and oxygen atoms in total. The summed E-state index contributed by atoms with van der Waals surface area (Å²) in [4.78, 5) is 9.66. The number of hydrogen-bond acceptors (Lipinski definition) is 6. The van der Waals surface area contributed by atoms with E-state index in [4.69, 9.17) is 11.6 Å². The predicted molar refractivity (Wildman–Crippen MR) is 135 cm³/mol. The molecule has 2 fully saturated rings. The molecule has 1 aromatic carbocycles. The van der Waals surface area contributed by atoms with E-state index in [1.165, 1.54) is 0 Å². The van der Waals surface area contributed by atoms with Crippen molar-refractivity contribution in [3.63, 3.8) is 0 Å². The van der Waals surface area contributed by atoms with E-state index < -0.39 is 23.9 Å². The van der Waals surface area contributed by atoms with E-state index in [2.05, 4.69) is 33.6 Å². The van der Waals surface area contributed by atoms with Gasteiger partial charge in [0.15, 0.2) is 0 Å². The first kappa shape index (κ1) is 24.6. The lowest BCUT2D eigenvalue weighted by Crippen LogP contribution is -2.43. The van der Waals surface area contributed by atoms with Crippen LogP contribution in [0.4, 0.5) is 24.9 Å². The van der Waals surface area contributed by atoms with E-state index in [9.17, 15) is 18.3 Å². The molecule has 2 heterocycles. The molecule has 10 heteroatoms. The third-order valence-electron chi connectivity index (χ3n) is 8.18. The molecule has 2 saturated carbocycles. The van der Waals surface area contributed by atoms with Crippen LogP contribution in [-0.4, -0.2) is 38.9 Å². The number of thiophene rings is 1. The van der Waals surface area contributed by atoms with Gasteiger partial charge in [-0.15, -0.1) is 11.3 Å². The number of fused-ring (bicyclic) bond motifs is 2. The fraction of sp³-hybridized carbons (Fsp3) is 0.520. The highest BCUT2D eigenvalue weighted by Gasteiger charge is 2.73. The number of rotatable bonds is 6. The predicted octanol–water partition coefficient (Wildman–Crippen LogP) is 6.90. The first-order valence-corrected chi connectivity index (χ1v) is 13.0. The van der Waals surface area contributed by atoms with Crippen molar-refractivity contribution >= 4 is 44.8 Å². The Bertz CT molecular complexity index is 1300. The van der Waals surface area contributed by atoms with Gasteiger partial charge in [-0.2, -0.15) is 18.2 Å². The van der Waals surface area contributed by atoms with E-state index in [1.54, 1.807) is 11.3 Å². The molecule has 5 rings (SSSR count). The average Bonchev–Trinajstić information content (AvgIpc) is 3.05. The number of nitrogens with one attached hydrogen (secondary N) is 2. The lowest BCUT2D eigenvalue weighted by atomic mass is 9.84. The van der Waals surface area contributed by atoms with Gasteiger partial charge in [-0.3, -0.25) is 0 Å². The molecular formula is C25H28ClF3N4OS. The number of aryl methyl sites for hydroxylation is 1. The van der Waals surface area contributed by atoms with Crippen LogP contribution >= 0.6 is 22.9 Å². The van der Waals surface area contributed by atoms with Gasteiger partial charge in [0.25, 0.3) is 0 Å². The largest absolute Gasteiger partial charge is 0.408 e. The molecule has 5 unspecified atom stereocenters. The number of benzene rings is 1. The minimum Gasteiger partial charge on any atom is -0.392 e. The molecule has 188 valence electrons. The van der Waals surface area contributed by atoms with Crippen LogP contribution in [0.25, 0.3) is 20.5 Å². The van der Waals surface area contributed by atoms with Crippen molar-refractivity contribution in [1.82, 2.24) is 9.97 Å². The quantitative estimate of drug-likeness (QED) is 0.306. The summed E-state index contributed by atoms with van der Waals surface area (Å²) in [6, 6.07) is 6.20.